The Balaban J connectivity index is 0.928. The number of esters is 1. The summed E-state index contributed by atoms with van der Waals surface area (Å²) in [5, 5.41) is 16.8. The molecule has 0 aromatic heterocycles. The highest BCUT2D eigenvalue weighted by atomic mass is 16.6. The Labute approximate surface area is 368 Å². The monoisotopic (exact) mass is 879 g/mol. The summed E-state index contributed by atoms with van der Waals surface area (Å²) in [5.41, 5.74) is 5.75. The van der Waals surface area contributed by atoms with E-state index < -0.39 is 93.1 Å². The topological polar surface area (TPSA) is 258 Å². The van der Waals surface area contributed by atoms with Gasteiger partial charge in [-0.25, -0.2) is 9.59 Å². The molecule has 336 valence electrons. The maximum atomic E-state index is 13.1. The molecule has 64 heavy (non-hydrogen) atoms. The molecule has 4 aromatic rings. The molecule has 0 spiro atoms. The number of amides is 7. The quantitative estimate of drug-likeness (QED) is 0.0289. The number of carbonyl (C=O) groups is 8. The van der Waals surface area contributed by atoms with E-state index in [1.54, 1.807) is 42.5 Å². The summed E-state index contributed by atoms with van der Waals surface area (Å²) >= 11 is 0. The van der Waals surface area contributed by atoms with Gasteiger partial charge in [0.1, 0.15) is 52.5 Å². The van der Waals surface area contributed by atoms with E-state index in [4.69, 9.17) is 18.9 Å². The van der Waals surface area contributed by atoms with Gasteiger partial charge in [0, 0.05) is 12.3 Å². The second-order valence-corrected chi connectivity index (χ2v) is 14.1. The molecule has 19 nitrogen and oxygen atoms in total. The second-order valence-electron chi connectivity index (χ2n) is 14.1. The average molecular weight is 880 g/mol. The molecule has 0 saturated carbocycles. The van der Waals surface area contributed by atoms with E-state index in [1.165, 1.54) is 0 Å². The number of benzene rings is 4. The van der Waals surface area contributed by atoms with Gasteiger partial charge in [-0.15, -0.1) is 0 Å². The van der Waals surface area contributed by atoms with Crippen molar-refractivity contribution in [2.24, 2.45) is 0 Å². The summed E-state index contributed by atoms with van der Waals surface area (Å²) in [7, 11) is 0. The lowest BCUT2D eigenvalue weighted by atomic mass is 9.98. The SMILES string of the molecule is O=C(CNC(=O)COCNC(=O)CNC(=O)[C@H](Cc1ccccc1)NC(=O)CNC(=O)CNC(=O)OCC1c2ccccc2-c2ccccc21)NCOCC(=O)OCc1ccccc1. The lowest BCUT2D eigenvalue weighted by Crippen LogP contribution is -2.52. The van der Waals surface area contributed by atoms with Gasteiger partial charge < -0.3 is 56.2 Å². The zero-order valence-electron chi connectivity index (χ0n) is 34.7. The predicted molar refractivity (Wildman–Crippen MR) is 228 cm³/mol. The molecule has 0 radical (unpaired) electrons. The second kappa shape index (κ2) is 25.3. The fraction of sp³-hybridized carbons (Fsp3) is 0.289. The van der Waals surface area contributed by atoms with E-state index in [1.807, 2.05) is 66.7 Å². The van der Waals surface area contributed by atoms with Crippen LogP contribution in [0.1, 0.15) is 28.2 Å². The van der Waals surface area contributed by atoms with Gasteiger partial charge in [-0.3, -0.25) is 28.8 Å². The molecular weight excluding hydrogens is 831 g/mol. The van der Waals surface area contributed by atoms with E-state index in [2.05, 4.69) is 37.2 Å². The van der Waals surface area contributed by atoms with E-state index in [0.29, 0.717) is 5.56 Å². The van der Waals surface area contributed by atoms with Crippen molar-refractivity contribution in [2.45, 2.75) is 25.0 Å². The first kappa shape index (κ1) is 47.4. The minimum absolute atomic E-state index is 0.0599. The van der Waals surface area contributed by atoms with Gasteiger partial charge in [0.25, 0.3) is 0 Å². The molecule has 1 aliphatic rings. The number of carbonyl (C=O) groups excluding carboxylic acids is 8. The molecule has 1 aliphatic carbocycles. The number of fused-ring (bicyclic) bond motifs is 3. The Hall–Kier alpha value is -7.64. The highest BCUT2D eigenvalue weighted by Crippen LogP contribution is 2.44. The van der Waals surface area contributed by atoms with Crippen LogP contribution in [0.5, 0.6) is 0 Å². The van der Waals surface area contributed by atoms with Crippen LogP contribution in [0.3, 0.4) is 0 Å². The van der Waals surface area contributed by atoms with Gasteiger partial charge in [0.2, 0.25) is 35.4 Å². The third-order valence-electron chi connectivity index (χ3n) is 9.43. The van der Waals surface area contributed by atoms with Crippen LogP contribution >= 0.6 is 0 Å². The van der Waals surface area contributed by atoms with Crippen molar-refractivity contribution < 1.29 is 57.3 Å². The van der Waals surface area contributed by atoms with Crippen LogP contribution in [-0.4, -0.2) is 113 Å². The number of nitrogens with one attached hydrogen (secondary N) is 7. The molecule has 0 unspecified atom stereocenters. The maximum absolute atomic E-state index is 13.1. The van der Waals surface area contributed by atoms with Crippen LogP contribution in [0.4, 0.5) is 4.79 Å². The Bertz CT molecular complexity index is 2200. The molecule has 0 fully saturated rings. The highest BCUT2D eigenvalue weighted by Gasteiger charge is 2.29. The first-order valence-corrected chi connectivity index (χ1v) is 20.2. The van der Waals surface area contributed by atoms with Crippen LogP contribution in [0.25, 0.3) is 11.1 Å². The van der Waals surface area contributed by atoms with Gasteiger partial charge in [-0.05, 0) is 33.4 Å². The molecule has 0 bridgehead atoms. The molecule has 4 aromatic carbocycles. The molecular formula is C45H49N7O12. The summed E-state index contributed by atoms with van der Waals surface area (Å²) in [6.07, 6.45) is -0.745. The molecule has 0 saturated heterocycles. The minimum Gasteiger partial charge on any atom is -0.459 e. The number of ether oxygens (including phenoxy) is 4. The Morgan fingerprint density at radius 3 is 1.62 bits per heavy atom. The standard InChI is InChI=1S/C45H49N7O12/c53-38(22-49-45(60)64-25-36-34-17-9-7-15-32(34)33-16-8-10-18-35(33)36)46-23-41(56)52-37(19-30-11-3-1-4-12-30)44(59)48-21-40(55)50-28-61-26-42(57)47-20-39(54)51-29-62-27-43(58)63-24-31-13-5-2-6-14-31/h1-18,36-37H,19-29H2,(H,46,53)(H,47,57)(H,48,59)(H,49,60)(H,50,55)(H,51,54)(H,52,56)/t37-/m0/s1. The largest absolute Gasteiger partial charge is 0.459 e. The van der Waals surface area contributed by atoms with Crippen molar-refractivity contribution in [3.63, 3.8) is 0 Å². The summed E-state index contributed by atoms with van der Waals surface area (Å²) in [6, 6.07) is 32.5. The van der Waals surface area contributed by atoms with Crippen LogP contribution < -0.4 is 37.2 Å². The zero-order valence-corrected chi connectivity index (χ0v) is 34.7. The van der Waals surface area contributed by atoms with Crippen LogP contribution in [0, 0.1) is 0 Å². The smallest absolute Gasteiger partial charge is 0.407 e. The number of rotatable bonds is 24. The molecule has 7 N–H and O–H groups in total. The summed E-state index contributed by atoms with van der Waals surface area (Å²) < 4.78 is 20.7. The molecule has 7 amide bonds. The molecule has 0 heterocycles. The van der Waals surface area contributed by atoms with Gasteiger partial charge in [-0.1, -0.05) is 109 Å². The van der Waals surface area contributed by atoms with Crippen molar-refractivity contribution in [3.05, 3.63) is 131 Å². The van der Waals surface area contributed by atoms with Crippen molar-refractivity contribution >= 4 is 47.5 Å². The number of alkyl carbamates (subject to hydrolysis) is 1. The van der Waals surface area contributed by atoms with Gasteiger partial charge in [0.15, 0.2) is 0 Å². The van der Waals surface area contributed by atoms with E-state index in [0.717, 1.165) is 27.8 Å². The Morgan fingerprint density at radius 1 is 0.484 bits per heavy atom. The third kappa shape index (κ3) is 16.0. The van der Waals surface area contributed by atoms with Crippen LogP contribution in [-0.2, 0) is 65.5 Å². The van der Waals surface area contributed by atoms with Crippen LogP contribution in [0.15, 0.2) is 109 Å². The van der Waals surface area contributed by atoms with Crippen molar-refractivity contribution in [1.82, 2.24) is 37.2 Å². The van der Waals surface area contributed by atoms with Crippen LogP contribution in [0.2, 0.25) is 0 Å². The van der Waals surface area contributed by atoms with E-state index >= 15 is 0 Å². The summed E-state index contributed by atoms with van der Waals surface area (Å²) in [5.74, 6) is -4.77. The number of hydrogen-bond donors (Lipinski definition) is 7. The first-order valence-electron chi connectivity index (χ1n) is 20.2. The summed E-state index contributed by atoms with van der Waals surface area (Å²) in [6.45, 7) is -3.32. The average Bonchev–Trinajstić information content (AvgIpc) is 3.63. The Morgan fingerprint density at radius 2 is 0.984 bits per heavy atom. The number of hydrogen-bond acceptors (Lipinski definition) is 12. The van der Waals surface area contributed by atoms with Crippen molar-refractivity contribution in [1.29, 1.82) is 0 Å². The fourth-order valence-electron chi connectivity index (χ4n) is 6.31. The third-order valence-corrected chi connectivity index (χ3v) is 9.43. The van der Waals surface area contributed by atoms with E-state index in [9.17, 15) is 38.4 Å². The fourth-order valence-corrected chi connectivity index (χ4v) is 6.31. The summed E-state index contributed by atoms with van der Waals surface area (Å²) in [4.78, 5) is 99.1. The highest BCUT2D eigenvalue weighted by molar-refractivity contribution is 5.92. The normalized spacial score (nSPS) is 11.7. The lowest BCUT2D eigenvalue weighted by molar-refractivity contribution is -0.151. The zero-order chi connectivity index (χ0) is 45.5. The van der Waals surface area contributed by atoms with Crippen molar-refractivity contribution in [3.8, 4) is 11.1 Å². The predicted octanol–water partition coefficient (Wildman–Crippen LogP) is 0.525. The van der Waals surface area contributed by atoms with Gasteiger partial charge in [-0.2, -0.15) is 0 Å². The minimum atomic E-state index is -1.14. The molecule has 19 heteroatoms. The van der Waals surface area contributed by atoms with Crippen molar-refractivity contribution in [2.75, 3.05) is 59.5 Å². The first-order chi connectivity index (χ1) is 31.0. The molecule has 5 rings (SSSR count). The molecule has 1 atom stereocenters. The molecule has 0 aliphatic heterocycles. The maximum Gasteiger partial charge on any atom is 0.407 e. The lowest BCUT2D eigenvalue weighted by Gasteiger charge is -2.19. The van der Waals surface area contributed by atoms with Gasteiger partial charge in [0.05, 0.1) is 19.6 Å². The van der Waals surface area contributed by atoms with Gasteiger partial charge >= 0.3 is 12.1 Å². The Kier molecular flexibility index (Phi) is 18.8. The van der Waals surface area contributed by atoms with E-state index in [-0.39, 0.29) is 38.9 Å².